The number of aliphatic carboxylic acids is 1. The molecule has 0 aromatic carbocycles. The predicted octanol–water partition coefficient (Wildman–Crippen LogP) is 1.28. The SMILES string of the molecule is CNC1(CC(=O)NC(C)CC(=O)O)CCCCC1. The van der Waals surface area contributed by atoms with Crippen molar-refractivity contribution in [2.45, 2.75) is 63.5 Å². The minimum absolute atomic E-state index is 0.0295. The molecule has 0 radical (unpaired) electrons. The van der Waals surface area contributed by atoms with E-state index >= 15 is 0 Å². The Morgan fingerprint density at radius 1 is 1.28 bits per heavy atom. The Hall–Kier alpha value is -1.10. The van der Waals surface area contributed by atoms with Crippen LogP contribution in [0.3, 0.4) is 0 Å². The topological polar surface area (TPSA) is 78.4 Å². The van der Waals surface area contributed by atoms with Gasteiger partial charge in [-0.05, 0) is 26.8 Å². The molecular weight excluding hydrogens is 232 g/mol. The number of amides is 1. The summed E-state index contributed by atoms with van der Waals surface area (Å²) in [7, 11) is 1.90. The van der Waals surface area contributed by atoms with Gasteiger partial charge in [0.2, 0.25) is 5.91 Å². The van der Waals surface area contributed by atoms with Crippen molar-refractivity contribution in [2.24, 2.45) is 0 Å². The van der Waals surface area contributed by atoms with Gasteiger partial charge >= 0.3 is 5.97 Å². The molecule has 1 amide bonds. The Morgan fingerprint density at radius 3 is 2.39 bits per heavy atom. The molecule has 1 aliphatic carbocycles. The Bertz CT molecular complexity index is 299. The molecule has 1 fully saturated rings. The molecule has 104 valence electrons. The smallest absolute Gasteiger partial charge is 0.305 e. The number of carboxylic acid groups (broad SMARTS) is 1. The van der Waals surface area contributed by atoms with Crippen molar-refractivity contribution in [3.05, 3.63) is 0 Å². The van der Waals surface area contributed by atoms with Gasteiger partial charge in [0, 0.05) is 18.0 Å². The van der Waals surface area contributed by atoms with Crippen LogP contribution in [0.5, 0.6) is 0 Å². The third-order valence-corrected chi connectivity index (χ3v) is 3.73. The van der Waals surface area contributed by atoms with Crippen molar-refractivity contribution in [1.29, 1.82) is 0 Å². The van der Waals surface area contributed by atoms with Crippen LogP contribution in [0.4, 0.5) is 0 Å². The van der Waals surface area contributed by atoms with Gasteiger partial charge in [0.05, 0.1) is 6.42 Å². The largest absolute Gasteiger partial charge is 0.481 e. The first-order chi connectivity index (χ1) is 8.47. The molecule has 0 heterocycles. The monoisotopic (exact) mass is 256 g/mol. The van der Waals surface area contributed by atoms with Gasteiger partial charge in [-0.15, -0.1) is 0 Å². The van der Waals surface area contributed by atoms with E-state index in [1.807, 2.05) is 7.05 Å². The highest BCUT2D eigenvalue weighted by Gasteiger charge is 2.32. The second-order valence-corrected chi connectivity index (χ2v) is 5.33. The second kappa shape index (κ2) is 6.73. The average Bonchev–Trinajstić information content (AvgIpc) is 2.28. The number of hydrogen-bond acceptors (Lipinski definition) is 3. The molecule has 0 aromatic rings. The number of carbonyl (C=O) groups excluding carboxylic acids is 1. The summed E-state index contributed by atoms with van der Waals surface area (Å²) in [5.41, 5.74) is -0.0920. The highest BCUT2D eigenvalue weighted by atomic mass is 16.4. The number of hydrogen-bond donors (Lipinski definition) is 3. The van der Waals surface area contributed by atoms with E-state index in [9.17, 15) is 9.59 Å². The fourth-order valence-electron chi connectivity index (χ4n) is 2.69. The lowest BCUT2D eigenvalue weighted by molar-refractivity contribution is -0.137. The number of carboxylic acids is 1. The summed E-state index contributed by atoms with van der Waals surface area (Å²) in [6, 6.07) is -0.313. The molecule has 1 unspecified atom stereocenters. The van der Waals surface area contributed by atoms with Crippen LogP contribution < -0.4 is 10.6 Å². The first-order valence-corrected chi connectivity index (χ1v) is 6.67. The summed E-state index contributed by atoms with van der Waals surface area (Å²) >= 11 is 0. The fraction of sp³-hybridized carbons (Fsp3) is 0.846. The standard InChI is InChI=1S/C13H24N2O3/c1-10(8-12(17)18)15-11(16)9-13(14-2)6-4-3-5-7-13/h10,14H,3-9H2,1-2H3,(H,15,16)(H,17,18). The van der Waals surface area contributed by atoms with Gasteiger partial charge in [-0.25, -0.2) is 0 Å². The van der Waals surface area contributed by atoms with Crippen LogP contribution in [0, 0.1) is 0 Å². The van der Waals surface area contributed by atoms with Crippen LogP contribution in [-0.2, 0) is 9.59 Å². The maximum atomic E-state index is 11.9. The van der Waals surface area contributed by atoms with Crippen molar-refractivity contribution < 1.29 is 14.7 Å². The van der Waals surface area contributed by atoms with E-state index in [1.54, 1.807) is 6.92 Å². The average molecular weight is 256 g/mol. The third-order valence-electron chi connectivity index (χ3n) is 3.73. The van der Waals surface area contributed by atoms with Crippen LogP contribution in [0.15, 0.2) is 0 Å². The van der Waals surface area contributed by atoms with Crippen LogP contribution in [0.1, 0.15) is 51.9 Å². The number of nitrogens with one attached hydrogen (secondary N) is 2. The normalized spacial score (nSPS) is 20.1. The predicted molar refractivity (Wildman–Crippen MR) is 69.4 cm³/mol. The number of carbonyl (C=O) groups is 2. The van der Waals surface area contributed by atoms with Crippen LogP contribution in [0.2, 0.25) is 0 Å². The lowest BCUT2D eigenvalue weighted by atomic mass is 9.79. The van der Waals surface area contributed by atoms with Gasteiger partial charge in [-0.2, -0.15) is 0 Å². The molecule has 1 rings (SSSR count). The summed E-state index contributed by atoms with van der Waals surface area (Å²) in [5, 5.41) is 14.7. The molecule has 0 saturated heterocycles. The lowest BCUT2D eigenvalue weighted by Gasteiger charge is -2.36. The van der Waals surface area contributed by atoms with E-state index in [-0.39, 0.29) is 23.9 Å². The summed E-state index contributed by atoms with van der Waals surface area (Å²) in [6.45, 7) is 1.72. The zero-order chi connectivity index (χ0) is 13.6. The van der Waals surface area contributed by atoms with Crippen molar-refractivity contribution in [3.8, 4) is 0 Å². The zero-order valence-electron chi connectivity index (χ0n) is 11.3. The molecule has 18 heavy (non-hydrogen) atoms. The van der Waals surface area contributed by atoms with Gasteiger partial charge in [-0.3, -0.25) is 9.59 Å². The fourth-order valence-corrected chi connectivity index (χ4v) is 2.69. The molecule has 0 aliphatic heterocycles. The molecule has 1 aliphatic rings. The zero-order valence-corrected chi connectivity index (χ0v) is 11.3. The molecule has 1 atom stereocenters. The van der Waals surface area contributed by atoms with Crippen LogP contribution in [-0.4, -0.2) is 35.6 Å². The van der Waals surface area contributed by atoms with E-state index < -0.39 is 5.97 Å². The highest BCUT2D eigenvalue weighted by Crippen LogP contribution is 2.30. The Kier molecular flexibility index (Phi) is 5.59. The van der Waals surface area contributed by atoms with Gasteiger partial charge in [-0.1, -0.05) is 19.3 Å². The van der Waals surface area contributed by atoms with Gasteiger partial charge in [0.15, 0.2) is 0 Å². The second-order valence-electron chi connectivity index (χ2n) is 5.33. The third kappa shape index (κ3) is 4.64. The minimum atomic E-state index is -0.885. The van der Waals surface area contributed by atoms with E-state index in [2.05, 4.69) is 10.6 Å². The van der Waals surface area contributed by atoms with Gasteiger partial charge < -0.3 is 15.7 Å². The summed E-state index contributed by atoms with van der Waals surface area (Å²) in [5.74, 6) is -0.941. The van der Waals surface area contributed by atoms with Gasteiger partial charge in [0.25, 0.3) is 0 Å². The highest BCUT2D eigenvalue weighted by molar-refractivity contribution is 5.78. The molecule has 0 aromatic heterocycles. The Labute approximate surface area is 108 Å². The van der Waals surface area contributed by atoms with Crippen LogP contribution in [0.25, 0.3) is 0 Å². The Balaban J connectivity index is 2.44. The van der Waals surface area contributed by atoms with E-state index in [0.717, 1.165) is 25.7 Å². The molecule has 5 nitrogen and oxygen atoms in total. The lowest BCUT2D eigenvalue weighted by Crippen LogP contribution is -2.49. The molecular formula is C13H24N2O3. The van der Waals surface area contributed by atoms with Crippen molar-refractivity contribution in [2.75, 3.05) is 7.05 Å². The van der Waals surface area contributed by atoms with E-state index in [0.29, 0.717) is 6.42 Å². The number of rotatable bonds is 6. The van der Waals surface area contributed by atoms with Crippen molar-refractivity contribution in [3.63, 3.8) is 0 Å². The first kappa shape index (κ1) is 15.0. The summed E-state index contributed by atoms with van der Waals surface area (Å²) in [4.78, 5) is 22.5. The molecule has 5 heteroatoms. The van der Waals surface area contributed by atoms with Crippen LogP contribution >= 0.6 is 0 Å². The van der Waals surface area contributed by atoms with Crippen molar-refractivity contribution >= 4 is 11.9 Å². The summed E-state index contributed by atoms with van der Waals surface area (Å²) < 4.78 is 0. The van der Waals surface area contributed by atoms with E-state index in [4.69, 9.17) is 5.11 Å². The molecule has 1 saturated carbocycles. The minimum Gasteiger partial charge on any atom is -0.481 e. The Morgan fingerprint density at radius 2 is 1.89 bits per heavy atom. The van der Waals surface area contributed by atoms with E-state index in [1.165, 1.54) is 6.42 Å². The first-order valence-electron chi connectivity index (χ1n) is 6.67. The quantitative estimate of drug-likeness (QED) is 0.669. The molecule has 3 N–H and O–H groups in total. The maximum absolute atomic E-state index is 11.9. The van der Waals surface area contributed by atoms with Crippen molar-refractivity contribution in [1.82, 2.24) is 10.6 Å². The summed E-state index contributed by atoms with van der Waals surface area (Å²) in [6.07, 6.45) is 5.98. The molecule has 0 spiro atoms. The molecule has 0 bridgehead atoms. The maximum Gasteiger partial charge on any atom is 0.305 e. The van der Waals surface area contributed by atoms with Gasteiger partial charge in [0.1, 0.15) is 0 Å².